The van der Waals surface area contributed by atoms with Crippen molar-refractivity contribution in [1.29, 1.82) is 0 Å². The summed E-state index contributed by atoms with van der Waals surface area (Å²) in [5.74, 6) is 0.239. The Morgan fingerprint density at radius 2 is 2.23 bits per heavy atom. The Kier molecular flexibility index (Phi) is 4.24. The number of hydrogen-bond donors (Lipinski definition) is 1. The Morgan fingerprint density at radius 1 is 1.41 bits per heavy atom. The molecule has 0 radical (unpaired) electrons. The topological polar surface area (TPSA) is 58.4 Å². The number of imidazole rings is 1. The van der Waals surface area contributed by atoms with Crippen molar-refractivity contribution in [3.8, 4) is 0 Å². The van der Waals surface area contributed by atoms with Crippen LogP contribution in [0.15, 0.2) is 36.7 Å². The lowest BCUT2D eigenvalue weighted by atomic mass is 9.90. The van der Waals surface area contributed by atoms with Gasteiger partial charge >= 0.3 is 5.97 Å². The van der Waals surface area contributed by atoms with E-state index in [-0.39, 0.29) is 12.5 Å². The van der Waals surface area contributed by atoms with E-state index < -0.39 is 5.97 Å². The first-order valence-electron chi connectivity index (χ1n) is 7.72. The van der Waals surface area contributed by atoms with E-state index in [9.17, 15) is 9.90 Å². The third-order valence-corrected chi connectivity index (χ3v) is 4.38. The van der Waals surface area contributed by atoms with E-state index in [2.05, 4.69) is 33.5 Å². The lowest BCUT2D eigenvalue weighted by Gasteiger charge is -2.36. The molecule has 1 unspecified atom stereocenters. The Morgan fingerprint density at radius 3 is 3.00 bits per heavy atom. The predicted molar refractivity (Wildman–Crippen MR) is 83.5 cm³/mol. The first kappa shape index (κ1) is 14.8. The first-order chi connectivity index (χ1) is 10.7. The summed E-state index contributed by atoms with van der Waals surface area (Å²) in [4.78, 5) is 18.0. The first-order valence-corrected chi connectivity index (χ1v) is 7.72. The number of aryl methyl sites for hydroxylation is 1. The van der Waals surface area contributed by atoms with Gasteiger partial charge in [-0.15, -0.1) is 0 Å². The Balaban J connectivity index is 1.88. The fraction of sp³-hybridized carbons (Fsp3) is 0.412. The highest BCUT2D eigenvalue weighted by Gasteiger charge is 2.29. The zero-order chi connectivity index (χ0) is 15.5. The Hall–Kier alpha value is -2.14. The quantitative estimate of drug-likeness (QED) is 0.921. The summed E-state index contributed by atoms with van der Waals surface area (Å²) >= 11 is 0. The largest absolute Gasteiger partial charge is 0.481 e. The second-order valence-electron chi connectivity index (χ2n) is 5.66. The summed E-state index contributed by atoms with van der Waals surface area (Å²) < 4.78 is 2.11. The fourth-order valence-corrected chi connectivity index (χ4v) is 3.26. The highest BCUT2D eigenvalue weighted by atomic mass is 16.4. The smallest absolute Gasteiger partial charge is 0.305 e. The molecule has 2 aromatic rings. The minimum Gasteiger partial charge on any atom is -0.481 e. The number of nitrogens with zero attached hydrogens (tertiary/aromatic N) is 3. The molecule has 22 heavy (non-hydrogen) atoms. The molecule has 0 amide bonds. The molecule has 5 heteroatoms. The number of aromatic nitrogens is 2. The Labute approximate surface area is 130 Å². The van der Waals surface area contributed by atoms with Crippen molar-refractivity contribution in [3.05, 3.63) is 53.6 Å². The normalized spacial score (nSPS) is 18.1. The monoisotopic (exact) mass is 299 g/mol. The standard InChI is InChI=1S/C17H21N3O2/c1-2-19-10-8-18-16(19)12-20-9-7-13-5-3-4-6-14(13)15(20)11-17(21)22/h3-6,8,10,15H,2,7,9,11-12H2,1H3,(H,21,22). The molecule has 0 spiro atoms. The van der Waals surface area contributed by atoms with Crippen molar-refractivity contribution in [2.24, 2.45) is 0 Å². The molecule has 0 bridgehead atoms. The fourth-order valence-electron chi connectivity index (χ4n) is 3.26. The van der Waals surface area contributed by atoms with E-state index in [0.717, 1.165) is 30.9 Å². The number of carboxylic acid groups (broad SMARTS) is 1. The lowest BCUT2D eigenvalue weighted by molar-refractivity contribution is -0.138. The van der Waals surface area contributed by atoms with E-state index >= 15 is 0 Å². The predicted octanol–water partition coefficient (Wildman–Crippen LogP) is 2.48. The van der Waals surface area contributed by atoms with Gasteiger partial charge in [0.15, 0.2) is 0 Å². The van der Waals surface area contributed by atoms with Crippen LogP contribution in [0.5, 0.6) is 0 Å². The van der Waals surface area contributed by atoms with E-state index in [1.165, 1.54) is 5.56 Å². The average Bonchev–Trinajstić information content (AvgIpc) is 2.96. The maximum Gasteiger partial charge on any atom is 0.305 e. The van der Waals surface area contributed by atoms with Crippen molar-refractivity contribution in [1.82, 2.24) is 14.5 Å². The van der Waals surface area contributed by atoms with Gasteiger partial charge in [-0.05, 0) is 24.5 Å². The third-order valence-electron chi connectivity index (χ3n) is 4.38. The van der Waals surface area contributed by atoms with Crippen LogP contribution in [0.2, 0.25) is 0 Å². The Bertz CT molecular complexity index is 665. The molecule has 1 aromatic carbocycles. The van der Waals surface area contributed by atoms with Crippen molar-refractivity contribution in [2.45, 2.75) is 38.9 Å². The molecule has 1 N–H and O–H groups in total. The van der Waals surface area contributed by atoms with Gasteiger partial charge in [0.2, 0.25) is 0 Å². The van der Waals surface area contributed by atoms with Gasteiger partial charge in [-0.3, -0.25) is 9.69 Å². The maximum absolute atomic E-state index is 11.3. The molecule has 0 saturated heterocycles. The van der Waals surface area contributed by atoms with E-state index in [1.54, 1.807) is 0 Å². The van der Waals surface area contributed by atoms with Crippen molar-refractivity contribution >= 4 is 5.97 Å². The van der Waals surface area contributed by atoms with Gasteiger partial charge in [0.25, 0.3) is 0 Å². The van der Waals surface area contributed by atoms with Gasteiger partial charge in [0, 0.05) is 31.5 Å². The third kappa shape index (κ3) is 2.90. The summed E-state index contributed by atoms with van der Waals surface area (Å²) in [7, 11) is 0. The van der Waals surface area contributed by atoms with Gasteiger partial charge in [-0.2, -0.15) is 0 Å². The number of hydrogen-bond acceptors (Lipinski definition) is 3. The number of carbonyl (C=O) groups is 1. The number of rotatable bonds is 5. The number of carboxylic acids is 1. The van der Waals surface area contributed by atoms with Gasteiger partial charge in [-0.1, -0.05) is 24.3 Å². The second-order valence-corrected chi connectivity index (χ2v) is 5.66. The molecule has 116 valence electrons. The molecule has 0 aliphatic carbocycles. The van der Waals surface area contributed by atoms with Crippen molar-refractivity contribution < 1.29 is 9.90 Å². The lowest BCUT2D eigenvalue weighted by Crippen LogP contribution is -2.37. The maximum atomic E-state index is 11.3. The van der Waals surface area contributed by atoms with E-state index in [1.807, 2.05) is 24.5 Å². The molecule has 1 atom stereocenters. The minimum atomic E-state index is -0.759. The molecule has 0 saturated carbocycles. The zero-order valence-electron chi connectivity index (χ0n) is 12.8. The van der Waals surface area contributed by atoms with Crippen LogP contribution in [-0.2, 0) is 24.3 Å². The summed E-state index contributed by atoms with van der Waals surface area (Å²) in [6.45, 7) is 4.52. The van der Waals surface area contributed by atoms with Crippen LogP contribution in [0.4, 0.5) is 0 Å². The van der Waals surface area contributed by atoms with Gasteiger partial charge < -0.3 is 9.67 Å². The van der Waals surface area contributed by atoms with Crippen LogP contribution >= 0.6 is 0 Å². The highest BCUT2D eigenvalue weighted by molar-refractivity contribution is 5.68. The second kappa shape index (κ2) is 6.32. The number of fused-ring (bicyclic) bond motifs is 1. The molecule has 2 heterocycles. The summed E-state index contributed by atoms with van der Waals surface area (Å²) in [6, 6.07) is 8.10. The van der Waals surface area contributed by atoms with Crippen LogP contribution in [0, 0.1) is 0 Å². The van der Waals surface area contributed by atoms with Crippen LogP contribution in [0.25, 0.3) is 0 Å². The summed E-state index contributed by atoms with van der Waals surface area (Å²) in [6.07, 6.45) is 4.87. The van der Waals surface area contributed by atoms with Crippen molar-refractivity contribution in [2.75, 3.05) is 6.54 Å². The molecule has 5 nitrogen and oxygen atoms in total. The number of aliphatic carboxylic acids is 1. The summed E-state index contributed by atoms with van der Waals surface area (Å²) in [5.41, 5.74) is 2.41. The number of benzene rings is 1. The van der Waals surface area contributed by atoms with Crippen molar-refractivity contribution in [3.63, 3.8) is 0 Å². The van der Waals surface area contributed by atoms with Gasteiger partial charge in [0.1, 0.15) is 5.82 Å². The van der Waals surface area contributed by atoms with Crippen LogP contribution in [0.1, 0.15) is 36.3 Å². The SMILES string of the molecule is CCn1ccnc1CN1CCc2ccccc2C1CC(=O)O. The zero-order valence-corrected chi connectivity index (χ0v) is 12.8. The van der Waals surface area contributed by atoms with Gasteiger partial charge in [0.05, 0.1) is 13.0 Å². The molecular weight excluding hydrogens is 278 g/mol. The molecule has 1 aromatic heterocycles. The molecule has 0 fully saturated rings. The highest BCUT2D eigenvalue weighted by Crippen LogP contribution is 2.33. The summed E-state index contributed by atoms with van der Waals surface area (Å²) in [5, 5.41) is 9.29. The molecule has 1 aliphatic rings. The molecule has 1 aliphatic heterocycles. The van der Waals surface area contributed by atoms with Crippen LogP contribution < -0.4 is 0 Å². The molecular formula is C17H21N3O2. The molecule has 3 rings (SSSR count). The minimum absolute atomic E-state index is 0.0792. The van der Waals surface area contributed by atoms with Gasteiger partial charge in [-0.25, -0.2) is 4.98 Å². The van der Waals surface area contributed by atoms with E-state index in [4.69, 9.17) is 0 Å². The van der Waals surface area contributed by atoms with Crippen LogP contribution in [-0.4, -0.2) is 32.1 Å². The van der Waals surface area contributed by atoms with Crippen LogP contribution in [0.3, 0.4) is 0 Å². The van der Waals surface area contributed by atoms with E-state index in [0.29, 0.717) is 6.54 Å². The average molecular weight is 299 g/mol.